The molecule has 19 heavy (non-hydrogen) atoms. The molecule has 0 aromatic heterocycles. The molecule has 106 valence electrons. The number of nitrogens with zero attached hydrogens (tertiary/aromatic N) is 2. The van der Waals surface area contributed by atoms with Crippen molar-refractivity contribution in [3.8, 4) is 0 Å². The normalized spacial score (nSPS) is 24.2. The van der Waals surface area contributed by atoms with Crippen LogP contribution in [0.1, 0.15) is 6.42 Å². The van der Waals surface area contributed by atoms with Gasteiger partial charge in [0.05, 0.1) is 19.6 Å². The van der Waals surface area contributed by atoms with Crippen LogP contribution < -0.4 is 5.32 Å². The van der Waals surface area contributed by atoms with Crippen LogP contribution in [0.15, 0.2) is 0 Å². The lowest BCUT2D eigenvalue weighted by molar-refractivity contribution is -0.143. The van der Waals surface area contributed by atoms with Gasteiger partial charge in [0.1, 0.15) is 0 Å². The van der Waals surface area contributed by atoms with Crippen molar-refractivity contribution in [1.29, 1.82) is 0 Å². The first-order chi connectivity index (χ1) is 9.10. The van der Waals surface area contributed by atoms with Gasteiger partial charge in [-0.15, -0.1) is 0 Å². The molecule has 0 radical (unpaired) electrons. The molecule has 1 unspecified atom stereocenters. The molecule has 7 nitrogen and oxygen atoms in total. The number of carbonyl (C=O) groups is 3. The smallest absolute Gasteiger partial charge is 0.319 e. The first-order valence-corrected chi connectivity index (χ1v) is 6.45. The predicted octanol–water partition coefficient (Wildman–Crippen LogP) is -1.56. The van der Waals surface area contributed by atoms with Crippen LogP contribution in [-0.2, 0) is 19.1 Å². The summed E-state index contributed by atoms with van der Waals surface area (Å²) in [5, 5.41) is 2.67. The van der Waals surface area contributed by atoms with E-state index in [1.165, 1.54) is 7.11 Å². The largest absolute Gasteiger partial charge is 0.468 e. The second-order valence-electron chi connectivity index (χ2n) is 4.88. The number of esters is 1. The fraction of sp³-hybridized carbons (Fsp3) is 0.750. The number of carbonyl (C=O) groups excluding carboxylic acids is 3. The molecule has 0 bridgehead atoms. The minimum absolute atomic E-state index is 0.0380. The van der Waals surface area contributed by atoms with Crippen molar-refractivity contribution in [3.05, 3.63) is 0 Å². The van der Waals surface area contributed by atoms with Gasteiger partial charge in [-0.3, -0.25) is 19.3 Å². The number of hydrogen-bond acceptors (Lipinski definition) is 5. The van der Waals surface area contributed by atoms with Gasteiger partial charge in [0.25, 0.3) is 0 Å². The molecule has 0 aromatic carbocycles. The summed E-state index contributed by atoms with van der Waals surface area (Å²) in [6.45, 7) is 3.23. The van der Waals surface area contributed by atoms with Crippen molar-refractivity contribution in [2.45, 2.75) is 6.42 Å². The highest BCUT2D eigenvalue weighted by Gasteiger charge is 2.32. The van der Waals surface area contributed by atoms with E-state index in [0.717, 1.165) is 0 Å². The maximum atomic E-state index is 12.2. The summed E-state index contributed by atoms with van der Waals surface area (Å²) in [7, 11) is 1.37. The maximum Gasteiger partial charge on any atom is 0.319 e. The molecule has 1 N–H and O–H groups in total. The third-order valence-corrected chi connectivity index (χ3v) is 3.59. The van der Waals surface area contributed by atoms with Crippen molar-refractivity contribution in [3.63, 3.8) is 0 Å². The van der Waals surface area contributed by atoms with E-state index < -0.39 is 0 Å². The summed E-state index contributed by atoms with van der Waals surface area (Å²) < 4.78 is 4.61. The standard InChI is InChI=1S/C12H19N3O4/c1-19-11(17)8-14-2-4-15(5-3-14)12(18)9-6-10(16)13-7-9/h9H,2-8H2,1H3,(H,13,16). The Hall–Kier alpha value is -1.63. The molecule has 2 amide bonds. The lowest BCUT2D eigenvalue weighted by Crippen LogP contribution is -2.51. The van der Waals surface area contributed by atoms with Crippen LogP contribution in [0.2, 0.25) is 0 Å². The van der Waals surface area contributed by atoms with Crippen LogP contribution >= 0.6 is 0 Å². The summed E-state index contributed by atoms with van der Waals surface area (Å²) in [5.41, 5.74) is 0. The Morgan fingerprint density at radius 1 is 1.32 bits per heavy atom. The van der Waals surface area contributed by atoms with E-state index in [9.17, 15) is 14.4 Å². The average Bonchev–Trinajstić information content (AvgIpc) is 2.85. The van der Waals surface area contributed by atoms with Crippen molar-refractivity contribution < 1.29 is 19.1 Å². The maximum absolute atomic E-state index is 12.2. The quantitative estimate of drug-likeness (QED) is 0.627. The lowest BCUT2D eigenvalue weighted by Gasteiger charge is -2.35. The molecule has 2 saturated heterocycles. The van der Waals surface area contributed by atoms with Gasteiger partial charge in [-0.05, 0) is 0 Å². The number of nitrogens with one attached hydrogen (secondary N) is 1. The molecule has 0 aromatic rings. The van der Waals surface area contributed by atoms with Gasteiger partial charge in [-0.25, -0.2) is 0 Å². The zero-order chi connectivity index (χ0) is 13.8. The molecule has 2 rings (SSSR count). The van der Waals surface area contributed by atoms with E-state index in [0.29, 0.717) is 39.1 Å². The van der Waals surface area contributed by atoms with E-state index in [1.807, 2.05) is 4.90 Å². The minimum Gasteiger partial charge on any atom is -0.468 e. The Kier molecular flexibility index (Phi) is 4.36. The van der Waals surface area contributed by atoms with E-state index >= 15 is 0 Å². The summed E-state index contributed by atoms with van der Waals surface area (Å²) in [6.07, 6.45) is 0.293. The lowest BCUT2D eigenvalue weighted by atomic mass is 10.1. The SMILES string of the molecule is COC(=O)CN1CCN(C(=O)C2CNC(=O)C2)CC1. The third-order valence-electron chi connectivity index (χ3n) is 3.59. The highest BCUT2D eigenvalue weighted by molar-refractivity contribution is 5.89. The van der Waals surface area contributed by atoms with Crippen molar-refractivity contribution in [2.24, 2.45) is 5.92 Å². The number of piperazine rings is 1. The summed E-state index contributed by atoms with van der Waals surface area (Å²) in [4.78, 5) is 38.2. The molecule has 0 saturated carbocycles. The first kappa shape index (κ1) is 13.8. The molecule has 2 heterocycles. The molecule has 7 heteroatoms. The van der Waals surface area contributed by atoms with E-state index in [1.54, 1.807) is 4.90 Å². The molecular weight excluding hydrogens is 250 g/mol. The number of ether oxygens (including phenoxy) is 1. The zero-order valence-corrected chi connectivity index (χ0v) is 11.1. The topological polar surface area (TPSA) is 79.0 Å². The Morgan fingerprint density at radius 2 is 2.00 bits per heavy atom. The minimum atomic E-state index is -0.259. The van der Waals surface area contributed by atoms with Crippen LogP contribution in [0, 0.1) is 5.92 Å². The van der Waals surface area contributed by atoms with Gasteiger partial charge in [0.2, 0.25) is 11.8 Å². The van der Waals surface area contributed by atoms with Crippen molar-refractivity contribution >= 4 is 17.8 Å². The monoisotopic (exact) mass is 269 g/mol. The summed E-state index contributed by atoms with van der Waals surface area (Å²) in [5.74, 6) is -0.497. The molecule has 1 atom stereocenters. The molecule has 2 aliphatic heterocycles. The highest BCUT2D eigenvalue weighted by Crippen LogP contribution is 2.14. The van der Waals surface area contributed by atoms with Gasteiger partial charge >= 0.3 is 5.97 Å². The number of methoxy groups -OCH3 is 1. The summed E-state index contributed by atoms with van der Waals surface area (Å²) in [6, 6.07) is 0. The zero-order valence-electron chi connectivity index (χ0n) is 11.1. The van der Waals surface area contributed by atoms with Gasteiger partial charge < -0.3 is 15.0 Å². The average molecular weight is 269 g/mol. The van der Waals surface area contributed by atoms with Crippen LogP contribution in [0.25, 0.3) is 0 Å². The second-order valence-corrected chi connectivity index (χ2v) is 4.88. The molecule has 0 spiro atoms. The first-order valence-electron chi connectivity index (χ1n) is 6.45. The van der Waals surface area contributed by atoms with Crippen molar-refractivity contribution in [1.82, 2.24) is 15.1 Å². The highest BCUT2D eigenvalue weighted by atomic mass is 16.5. The molecular formula is C12H19N3O4. The van der Waals surface area contributed by atoms with Crippen LogP contribution in [-0.4, -0.2) is 74.0 Å². The van der Waals surface area contributed by atoms with E-state index in [2.05, 4.69) is 10.1 Å². The predicted molar refractivity (Wildman–Crippen MR) is 66.2 cm³/mol. The Balaban J connectivity index is 1.78. The second kappa shape index (κ2) is 6.01. The Bertz CT molecular complexity index is 377. The van der Waals surface area contributed by atoms with Crippen LogP contribution in [0.4, 0.5) is 0 Å². The third kappa shape index (κ3) is 3.44. The van der Waals surface area contributed by atoms with Crippen LogP contribution in [0.3, 0.4) is 0 Å². The molecule has 2 fully saturated rings. The fourth-order valence-electron chi connectivity index (χ4n) is 2.41. The van der Waals surface area contributed by atoms with E-state index in [4.69, 9.17) is 0 Å². The van der Waals surface area contributed by atoms with Crippen molar-refractivity contribution in [2.75, 3.05) is 46.4 Å². The van der Waals surface area contributed by atoms with Crippen LogP contribution in [0.5, 0.6) is 0 Å². The fourth-order valence-corrected chi connectivity index (χ4v) is 2.41. The number of amides is 2. The Morgan fingerprint density at radius 3 is 2.53 bits per heavy atom. The Labute approximate surface area is 111 Å². The number of hydrogen-bond donors (Lipinski definition) is 1. The molecule has 0 aliphatic carbocycles. The van der Waals surface area contributed by atoms with E-state index in [-0.39, 0.29) is 30.2 Å². The summed E-state index contributed by atoms with van der Waals surface area (Å²) >= 11 is 0. The molecule has 2 aliphatic rings. The van der Waals surface area contributed by atoms with Gasteiger partial charge in [0, 0.05) is 39.1 Å². The van der Waals surface area contributed by atoms with Gasteiger partial charge in [-0.2, -0.15) is 0 Å². The number of rotatable bonds is 3. The van der Waals surface area contributed by atoms with Gasteiger partial charge in [-0.1, -0.05) is 0 Å². The van der Waals surface area contributed by atoms with Gasteiger partial charge in [0.15, 0.2) is 0 Å².